The average Bonchev–Trinajstić information content (AvgIpc) is 2.33. The average molecular weight is 214 g/mol. The van der Waals surface area contributed by atoms with Gasteiger partial charge in [-0.1, -0.05) is 0 Å². The van der Waals surface area contributed by atoms with Gasteiger partial charge < -0.3 is 5.32 Å². The van der Waals surface area contributed by atoms with Crippen LogP contribution in [0.2, 0.25) is 0 Å². The molecule has 0 radical (unpaired) electrons. The SMILES string of the molecule is Cc1cnccc1CNCc1cncnc1. The molecule has 4 heteroatoms. The maximum Gasteiger partial charge on any atom is 0.115 e. The first-order valence-corrected chi connectivity index (χ1v) is 5.20. The van der Waals surface area contributed by atoms with Gasteiger partial charge in [0.05, 0.1) is 0 Å². The van der Waals surface area contributed by atoms with Crippen molar-refractivity contribution in [2.75, 3.05) is 0 Å². The van der Waals surface area contributed by atoms with Gasteiger partial charge in [0.1, 0.15) is 6.33 Å². The minimum Gasteiger partial charge on any atom is -0.308 e. The molecule has 2 aromatic heterocycles. The summed E-state index contributed by atoms with van der Waals surface area (Å²) in [7, 11) is 0. The monoisotopic (exact) mass is 214 g/mol. The molecule has 2 aromatic rings. The zero-order valence-electron chi connectivity index (χ0n) is 9.22. The lowest BCUT2D eigenvalue weighted by molar-refractivity contribution is 0.685. The van der Waals surface area contributed by atoms with Crippen molar-refractivity contribution < 1.29 is 0 Å². The number of pyridine rings is 1. The molecule has 0 aliphatic rings. The van der Waals surface area contributed by atoms with Crippen LogP contribution in [0.25, 0.3) is 0 Å². The molecule has 0 amide bonds. The summed E-state index contributed by atoms with van der Waals surface area (Å²) in [4.78, 5) is 12.0. The topological polar surface area (TPSA) is 50.7 Å². The van der Waals surface area contributed by atoms with Crippen molar-refractivity contribution in [3.8, 4) is 0 Å². The summed E-state index contributed by atoms with van der Waals surface area (Å²) >= 11 is 0. The summed E-state index contributed by atoms with van der Waals surface area (Å²) in [6, 6.07) is 2.03. The van der Waals surface area contributed by atoms with E-state index in [1.165, 1.54) is 17.5 Å². The van der Waals surface area contributed by atoms with Crippen LogP contribution in [-0.2, 0) is 13.1 Å². The number of aromatic nitrogens is 3. The highest BCUT2D eigenvalue weighted by Gasteiger charge is 1.97. The Morgan fingerprint density at radius 3 is 2.62 bits per heavy atom. The van der Waals surface area contributed by atoms with Crippen LogP contribution < -0.4 is 5.32 Å². The normalized spacial score (nSPS) is 10.3. The van der Waals surface area contributed by atoms with E-state index in [4.69, 9.17) is 0 Å². The third-order valence-electron chi connectivity index (χ3n) is 2.40. The number of hydrogen-bond donors (Lipinski definition) is 1. The quantitative estimate of drug-likeness (QED) is 0.837. The molecule has 0 unspecified atom stereocenters. The Kier molecular flexibility index (Phi) is 3.56. The Labute approximate surface area is 94.8 Å². The molecule has 0 aliphatic heterocycles. The molecule has 0 fully saturated rings. The van der Waals surface area contributed by atoms with E-state index >= 15 is 0 Å². The Bertz CT molecular complexity index is 442. The van der Waals surface area contributed by atoms with Gasteiger partial charge in [0.15, 0.2) is 0 Å². The van der Waals surface area contributed by atoms with Crippen LogP contribution in [0.5, 0.6) is 0 Å². The number of hydrogen-bond acceptors (Lipinski definition) is 4. The van der Waals surface area contributed by atoms with Crippen molar-refractivity contribution in [2.24, 2.45) is 0 Å². The van der Waals surface area contributed by atoms with Gasteiger partial charge in [0, 0.05) is 43.4 Å². The van der Waals surface area contributed by atoms with Crippen LogP contribution in [0.1, 0.15) is 16.7 Å². The lowest BCUT2D eigenvalue weighted by atomic mass is 10.1. The van der Waals surface area contributed by atoms with Crippen LogP contribution in [0, 0.1) is 6.92 Å². The van der Waals surface area contributed by atoms with Crippen molar-refractivity contribution in [1.29, 1.82) is 0 Å². The first-order valence-electron chi connectivity index (χ1n) is 5.20. The second-order valence-electron chi connectivity index (χ2n) is 3.65. The van der Waals surface area contributed by atoms with Gasteiger partial charge in [-0.2, -0.15) is 0 Å². The molecule has 0 aliphatic carbocycles. The van der Waals surface area contributed by atoms with E-state index in [2.05, 4.69) is 27.2 Å². The summed E-state index contributed by atoms with van der Waals surface area (Å²) < 4.78 is 0. The molecule has 4 nitrogen and oxygen atoms in total. The van der Waals surface area contributed by atoms with Crippen molar-refractivity contribution in [3.05, 3.63) is 53.9 Å². The van der Waals surface area contributed by atoms with E-state index in [9.17, 15) is 0 Å². The minimum absolute atomic E-state index is 0.780. The number of aryl methyl sites for hydroxylation is 1. The Morgan fingerprint density at radius 1 is 1.06 bits per heavy atom. The fraction of sp³-hybridized carbons (Fsp3) is 0.250. The van der Waals surface area contributed by atoms with Crippen molar-refractivity contribution in [1.82, 2.24) is 20.3 Å². The highest BCUT2D eigenvalue weighted by atomic mass is 14.9. The number of rotatable bonds is 4. The van der Waals surface area contributed by atoms with Crippen LogP contribution in [0.3, 0.4) is 0 Å². The van der Waals surface area contributed by atoms with Gasteiger partial charge in [-0.3, -0.25) is 4.98 Å². The van der Waals surface area contributed by atoms with E-state index in [-0.39, 0.29) is 0 Å². The molecule has 0 saturated heterocycles. The van der Waals surface area contributed by atoms with Crippen LogP contribution >= 0.6 is 0 Å². The molecule has 0 spiro atoms. The smallest absolute Gasteiger partial charge is 0.115 e. The number of nitrogens with one attached hydrogen (secondary N) is 1. The molecule has 2 heterocycles. The first-order chi connectivity index (χ1) is 7.86. The molecule has 0 bridgehead atoms. The zero-order chi connectivity index (χ0) is 11.2. The Balaban J connectivity index is 1.87. The van der Waals surface area contributed by atoms with Crippen LogP contribution in [-0.4, -0.2) is 15.0 Å². The first kappa shape index (κ1) is 10.7. The van der Waals surface area contributed by atoms with Crippen molar-refractivity contribution in [3.63, 3.8) is 0 Å². The van der Waals surface area contributed by atoms with E-state index in [1.807, 2.05) is 30.9 Å². The molecule has 16 heavy (non-hydrogen) atoms. The largest absolute Gasteiger partial charge is 0.308 e. The standard InChI is InChI=1S/C12H14N4/c1-10-4-13-3-2-12(10)8-14-5-11-6-15-9-16-7-11/h2-4,6-7,9,14H,5,8H2,1H3. The Hall–Kier alpha value is -1.81. The summed E-state index contributed by atoms with van der Waals surface area (Å²) in [5, 5.41) is 3.35. The molecule has 1 N–H and O–H groups in total. The molecule has 2 rings (SSSR count). The van der Waals surface area contributed by atoms with Crippen LogP contribution in [0.15, 0.2) is 37.2 Å². The zero-order valence-corrected chi connectivity index (χ0v) is 9.22. The molecule has 0 saturated carbocycles. The van der Waals surface area contributed by atoms with Gasteiger partial charge in [0.2, 0.25) is 0 Å². The molecule has 0 aromatic carbocycles. The van der Waals surface area contributed by atoms with E-state index in [0.717, 1.165) is 18.7 Å². The maximum atomic E-state index is 4.06. The van der Waals surface area contributed by atoms with Gasteiger partial charge in [-0.05, 0) is 24.1 Å². The second kappa shape index (κ2) is 5.32. The lowest BCUT2D eigenvalue weighted by Gasteiger charge is -2.06. The number of nitrogens with zero attached hydrogens (tertiary/aromatic N) is 3. The van der Waals surface area contributed by atoms with E-state index < -0.39 is 0 Å². The summed E-state index contributed by atoms with van der Waals surface area (Å²) in [5.74, 6) is 0. The lowest BCUT2D eigenvalue weighted by Crippen LogP contribution is -2.13. The predicted molar refractivity (Wildman–Crippen MR) is 61.5 cm³/mol. The van der Waals surface area contributed by atoms with Crippen molar-refractivity contribution in [2.45, 2.75) is 20.0 Å². The highest BCUT2D eigenvalue weighted by molar-refractivity contribution is 5.21. The van der Waals surface area contributed by atoms with E-state index in [1.54, 1.807) is 0 Å². The van der Waals surface area contributed by atoms with E-state index in [0.29, 0.717) is 0 Å². The van der Waals surface area contributed by atoms with Gasteiger partial charge in [0.25, 0.3) is 0 Å². The molecular formula is C12H14N4. The predicted octanol–water partition coefficient (Wildman–Crippen LogP) is 1.47. The fourth-order valence-corrected chi connectivity index (χ4v) is 1.46. The minimum atomic E-state index is 0.780. The second-order valence-corrected chi connectivity index (χ2v) is 3.65. The third-order valence-corrected chi connectivity index (χ3v) is 2.40. The van der Waals surface area contributed by atoms with Gasteiger partial charge >= 0.3 is 0 Å². The summed E-state index contributed by atoms with van der Waals surface area (Å²) in [6.45, 7) is 3.68. The van der Waals surface area contributed by atoms with Crippen molar-refractivity contribution >= 4 is 0 Å². The van der Waals surface area contributed by atoms with Crippen LogP contribution in [0.4, 0.5) is 0 Å². The van der Waals surface area contributed by atoms with Gasteiger partial charge in [-0.25, -0.2) is 9.97 Å². The summed E-state index contributed by atoms with van der Waals surface area (Å²) in [6.07, 6.45) is 8.87. The molecule has 0 atom stereocenters. The Morgan fingerprint density at radius 2 is 1.88 bits per heavy atom. The maximum absolute atomic E-state index is 4.06. The summed E-state index contributed by atoms with van der Waals surface area (Å²) in [5.41, 5.74) is 3.57. The van der Waals surface area contributed by atoms with Gasteiger partial charge in [-0.15, -0.1) is 0 Å². The highest BCUT2D eigenvalue weighted by Crippen LogP contribution is 2.04. The molecule has 82 valence electrons. The molecular weight excluding hydrogens is 200 g/mol. The fourth-order valence-electron chi connectivity index (χ4n) is 1.46. The third kappa shape index (κ3) is 2.84.